The van der Waals surface area contributed by atoms with E-state index in [-0.39, 0.29) is 6.61 Å². The van der Waals surface area contributed by atoms with E-state index in [1.807, 2.05) is 0 Å². The zero-order valence-electron chi connectivity index (χ0n) is 9.09. The molecule has 0 aliphatic heterocycles. The van der Waals surface area contributed by atoms with Crippen LogP contribution in [0.1, 0.15) is 26.2 Å². The lowest BCUT2D eigenvalue weighted by molar-refractivity contribution is -0.141. The van der Waals surface area contributed by atoms with E-state index >= 15 is 0 Å². The number of hydrogen-bond donors (Lipinski definition) is 3. The number of hydrogen-bond acceptors (Lipinski definition) is 4. The first-order valence-electron chi connectivity index (χ1n) is 5.23. The van der Waals surface area contributed by atoms with Crippen molar-refractivity contribution in [3.63, 3.8) is 0 Å². The standard InChI is InChI=1S/C9H17NO5S/c1-6(5-11)10-16(14,15)8-4-2-3-7(8)9(12)13/h6-8,10-11H,2-5H2,1H3,(H,12,13)/t6-,7?,8?/m0/s1. The zero-order valence-corrected chi connectivity index (χ0v) is 9.90. The van der Waals surface area contributed by atoms with Gasteiger partial charge < -0.3 is 10.2 Å². The molecular weight excluding hydrogens is 234 g/mol. The van der Waals surface area contributed by atoms with Crippen LogP contribution in [-0.2, 0) is 14.8 Å². The van der Waals surface area contributed by atoms with Crippen molar-refractivity contribution in [2.45, 2.75) is 37.5 Å². The Kier molecular flexibility index (Phi) is 4.28. The number of nitrogens with one attached hydrogen (secondary N) is 1. The highest BCUT2D eigenvalue weighted by Gasteiger charge is 2.41. The molecule has 0 saturated heterocycles. The second kappa shape index (κ2) is 5.11. The molecule has 7 heteroatoms. The predicted octanol–water partition coefficient (Wildman–Crippen LogP) is -0.460. The third-order valence-corrected chi connectivity index (χ3v) is 4.90. The Morgan fingerprint density at radius 1 is 1.50 bits per heavy atom. The molecule has 1 saturated carbocycles. The van der Waals surface area contributed by atoms with Gasteiger partial charge in [0.15, 0.2) is 0 Å². The van der Waals surface area contributed by atoms with Gasteiger partial charge >= 0.3 is 5.97 Å². The lowest BCUT2D eigenvalue weighted by atomic mass is 10.1. The molecule has 94 valence electrons. The first-order valence-corrected chi connectivity index (χ1v) is 6.78. The molecule has 1 rings (SSSR count). The maximum atomic E-state index is 11.8. The van der Waals surface area contributed by atoms with E-state index in [9.17, 15) is 13.2 Å². The SMILES string of the molecule is C[C@@H](CO)NS(=O)(=O)C1CCCC1C(=O)O. The first-order chi connectivity index (χ1) is 7.38. The number of carbonyl (C=O) groups is 1. The van der Waals surface area contributed by atoms with E-state index in [1.54, 1.807) is 0 Å². The Balaban J connectivity index is 2.79. The summed E-state index contributed by atoms with van der Waals surface area (Å²) in [6, 6.07) is -0.583. The van der Waals surface area contributed by atoms with Crippen LogP contribution < -0.4 is 4.72 Å². The average Bonchev–Trinajstić information content (AvgIpc) is 2.65. The van der Waals surface area contributed by atoms with Gasteiger partial charge in [0.1, 0.15) is 0 Å². The molecule has 0 amide bonds. The van der Waals surface area contributed by atoms with Crippen LogP contribution in [-0.4, -0.2) is 42.5 Å². The van der Waals surface area contributed by atoms with Crippen molar-refractivity contribution >= 4 is 16.0 Å². The van der Waals surface area contributed by atoms with E-state index in [1.165, 1.54) is 6.92 Å². The average molecular weight is 251 g/mol. The van der Waals surface area contributed by atoms with Crippen LogP contribution in [0.4, 0.5) is 0 Å². The summed E-state index contributed by atoms with van der Waals surface area (Å²) in [5, 5.41) is 16.8. The predicted molar refractivity (Wildman–Crippen MR) is 57.4 cm³/mol. The van der Waals surface area contributed by atoms with Gasteiger partial charge in [-0.2, -0.15) is 0 Å². The van der Waals surface area contributed by atoms with Gasteiger partial charge in [0.25, 0.3) is 0 Å². The van der Waals surface area contributed by atoms with Crippen molar-refractivity contribution in [2.75, 3.05) is 6.61 Å². The van der Waals surface area contributed by atoms with E-state index in [4.69, 9.17) is 10.2 Å². The van der Waals surface area contributed by atoms with Crippen LogP contribution in [0.5, 0.6) is 0 Å². The van der Waals surface area contributed by atoms with E-state index in [2.05, 4.69) is 4.72 Å². The molecule has 0 aromatic carbocycles. The lowest BCUT2D eigenvalue weighted by Gasteiger charge is -2.19. The Labute approximate surface area is 94.7 Å². The minimum absolute atomic E-state index is 0.302. The minimum atomic E-state index is -3.66. The van der Waals surface area contributed by atoms with Crippen LogP contribution in [0, 0.1) is 5.92 Å². The van der Waals surface area contributed by atoms with Gasteiger partial charge in [-0.25, -0.2) is 13.1 Å². The van der Waals surface area contributed by atoms with E-state index < -0.39 is 33.2 Å². The van der Waals surface area contributed by atoms with Gasteiger partial charge in [-0.1, -0.05) is 6.42 Å². The molecular formula is C9H17NO5S. The Hall–Kier alpha value is -0.660. The third-order valence-electron chi connectivity index (χ3n) is 2.81. The van der Waals surface area contributed by atoms with Crippen LogP contribution in [0.15, 0.2) is 0 Å². The van der Waals surface area contributed by atoms with Crippen LogP contribution in [0.3, 0.4) is 0 Å². The second-order valence-corrected chi connectivity index (χ2v) is 6.09. The van der Waals surface area contributed by atoms with E-state index in [0.29, 0.717) is 19.3 Å². The number of aliphatic hydroxyl groups excluding tert-OH is 1. The molecule has 0 heterocycles. The number of sulfonamides is 1. The van der Waals surface area contributed by atoms with Gasteiger partial charge in [-0.15, -0.1) is 0 Å². The molecule has 0 spiro atoms. The van der Waals surface area contributed by atoms with Gasteiger partial charge in [0, 0.05) is 6.04 Å². The van der Waals surface area contributed by atoms with Crippen LogP contribution >= 0.6 is 0 Å². The van der Waals surface area contributed by atoms with Crippen molar-refractivity contribution in [3.05, 3.63) is 0 Å². The molecule has 2 unspecified atom stereocenters. The molecule has 3 atom stereocenters. The molecule has 0 radical (unpaired) electrons. The number of carboxylic acids is 1. The molecule has 0 aromatic heterocycles. The Morgan fingerprint density at radius 2 is 2.12 bits per heavy atom. The topological polar surface area (TPSA) is 104 Å². The summed E-state index contributed by atoms with van der Waals surface area (Å²) >= 11 is 0. The second-order valence-electron chi connectivity index (χ2n) is 4.16. The van der Waals surface area contributed by atoms with Gasteiger partial charge in [0.05, 0.1) is 17.8 Å². The minimum Gasteiger partial charge on any atom is -0.481 e. The van der Waals surface area contributed by atoms with Crippen molar-refractivity contribution < 1.29 is 23.4 Å². The normalized spacial score (nSPS) is 27.9. The highest BCUT2D eigenvalue weighted by atomic mass is 32.2. The molecule has 1 fully saturated rings. The lowest BCUT2D eigenvalue weighted by Crippen LogP contribution is -2.44. The van der Waals surface area contributed by atoms with Crippen molar-refractivity contribution in [1.29, 1.82) is 0 Å². The molecule has 3 N–H and O–H groups in total. The van der Waals surface area contributed by atoms with Crippen LogP contribution in [0.25, 0.3) is 0 Å². The number of rotatable bonds is 5. The monoisotopic (exact) mass is 251 g/mol. The van der Waals surface area contributed by atoms with E-state index in [0.717, 1.165) is 0 Å². The highest BCUT2D eigenvalue weighted by molar-refractivity contribution is 7.90. The molecule has 0 bridgehead atoms. The summed E-state index contributed by atoms with van der Waals surface area (Å²) in [6.45, 7) is 1.23. The largest absolute Gasteiger partial charge is 0.481 e. The number of aliphatic carboxylic acids is 1. The Bertz CT molecular complexity index is 353. The summed E-state index contributed by atoms with van der Waals surface area (Å²) in [5.41, 5.74) is 0. The fourth-order valence-corrected chi connectivity index (χ4v) is 3.96. The van der Waals surface area contributed by atoms with Crippen molar-refractivity contribution in [2.24, 2.45) is 5.92 Å². The smallest absolute Gasteiger partial charge is 0.307 e. The fraction of sp³-hybridized carbons (Fsp3) is 0.889. The highest BCUT2D eigenvalue weighted by Crippen LogP contribution is 2.31. The van der Waals surface area contributed by atoms with Crippen molar-refractivity contribution in [1.82, 2.24) is 4.72 Å². The summed E-state index contributed by atoms with van der Waals surface area (Å²) in [5.74, 6) is -1.90. The summed E-state index contributed by atoms with van der Waals surface area (Å²) in [4.78, 5) is 10.9. The zero-order chi connectivity index (χ0) is 12.3. The quantitative estimate of drug-likeness (QED) is 0.613. The summed E-state index contributed by atoms with van der Waals surface area (Å²) < 4.78 is 26.0. The maximum Gasteiger partial charge on any atom is 0.307 e. The summed E-state index contributed by atoms with van der Waals surface area (Å²) in [6.07, 6.45) is 1.37. The third kappa shape index (κ3) is 2.93. The van der Waals surface area contributed by atoms with Gasteiger partial charge in [0.2, 0.25) is 10.0 Å². The van der Waals surface area contributed by atoms with Crippen molar-refractivity contribution in [3.8, 4) is 0 Å². The molecule has 1 aliphatic rings. The van der Waals surface area contributed by atoms with Crippen LogP contribution in [0.2, 0.25) is 0 Å². The first kappa shape index (κ1) is 13.4. The molecule has 0 aromatic rings. The number of carboxylic acid groups (broad SMARTS) is 1. The Morgan fingerprint density at radius 3 is 2.62 bits per heavy atom. The maximum absolute atomic E-state index is 11.8. The molecule has 6 nitrogen and oxygen atoms in total. The molecule has 1 aliphatic carbocycles. The fourth-order valence-electron chi connectivity index (χ4n) is 1.99. The number of aliphatic hydroxyl groups is 1. The van der Waals surface area contributed by atoms with Gasteiger partial charge in [-0.3, -0.25) is 4.79 Å². The molecule has 16 heavy (non-hydrogen) atoms. The summed E-state index contributed by atoms with van der Waals surface area (Å²) in [7, 11) is -3.66. The van der Waals surface area contributed by atoms with Gasteiger partial charge in [-0.05, 0) is 19.8 Å².